The summed E-state index contributed by atoms with van der Waals surface area (Å²) >= 11 is 0. The lowest BCUT2D eigenvalue weighted by atomic mass is 9.93. The minimum atomic E-state index is -1.08. The molecule has 39 heavy (non-hydrogen) atoms. The summed E-state index contributed by atoms with van der Waals surface area (Å²) in [7, 11) is 3.79. The van der Waals surface area contributed by atoms with Gasteiger partial charge in [0.2, 0.25) is 0 Å². The Labute approximate surface area is 223 Å². The molecule has 1 saturated heterocycles. The summed E-state index contributed by atoms with van der Waals surface area (Å²) in [5.74, 6) is -4.73. The van der Waals surface area contributed by atoms with Gasteiger partial charge in [0, 0.05) is 17.7 Å². The Morgan fingerprint density at radius 2 is 1.38 bits per heavy atom. The number of nitrogens with zero attached hydrogens (tertiary/aromatic N) is 2. The molecule has 0 aromatic heterocycles. The highest BCUT2D eigenvalue weighted by atomic mass is 19.2. The average Bonchev–Trinajstić information content (AvgIpc) is 2.90. The number of ether oxygens (including phenoxy) is 1. The van der Waals surface area contributed by atoms with Gasteiger partial charge in [0.25, 0.3) is 5.91 Å². The van der Waals surface area contributed by atoms with E-state index < -0.39 is 35.0 Å². The molecule has 1 fully saturated rings. The molecule has 4 rings (SSSR count). The highest BCUT2D eigenvalue weighted by molar-refractivity contribution is 6.16. The Hall–Kier alpha value is -4.24. The fourth-order valence-electron chi connectivity index (χ4n) is 4.07. The highest BCUT2D eigenvalue weighted by Crippen LogP contribution is 2.27. The number of carbonyl (C=O) groups excluding carboxylic acids is 2. The Kier molecular flexibility index (Phi) is 8.61. The molecule has 1 aliphatic heterocycles. The monoisotopic (exact) mass is 538 g/mol. The van der Waals surface area contributed by atoms with Crippen LogP contribution in [0.3, 0.4) is 0 Å². The molecule has 3 aromatic rings. The number of para-hydroxylation sites is 1. The number of likely N-dealkylation sites (tertiary alicyclic amines) is 1. The van der Waals surface area contributed by atoms with Crippen LogP contribution in [0.1, 0.15) is 21.5 Å². The van der Waals surface area contributed by atoms with Crippen molar-refractivity contribution >= 4 is 23.8 Å². The van der Waals surface area contributed by atoms with Gasteiger partial charge in [-0.2, -0.15) is 0 Å². The van der Waals surface area contributed by atoms with Crippen LogP contribution in [0, 0.1) is 23.3 Å². The summed E-state index contributed by atoms with van der Waals surface area (Å²) in [6, 6.07) is 13.1. The first-order chi connectivity index (χ1) is 18.6. The summed E-state index contributed by atoms with van der Waals surface area (Å²) < 4.78 is 60.4. The van der Waals surface area contributed by atoms with E-state index >= 15 is 0 Å². The number of rotatable bonds is 7. The lowest BCUT2D eigenvalue weighted by molar-refractivity contribution is -0.113. The SMILES string of the molecule is CN(C)CCOc1ccccc1C(=O)N1C/C(=C\c2ccc(F)c(F)c2)C(=O)/C(=C/c2ccc(F)c(F)c2)C1. The van der Waals surface area contributed by atoms with E-state index in [1.54, 1.807) is 24.3 Å². The standard InChI is InChI=1S/C30H26F4N2O3/c1-35(2)11-12-39-28-6-4-3-5-23(28)30(38)36-17-21(13-19-7-9-24(31)26(33)15-19)29(37)22(18-36)14-20-8-10-25(32)27(34)16-20/h3-10,13-16H,11-12,17-18H2,1-2H3/b21-13+,22-14+. The van der Waals surface area contributed by atoms with E-state index in [1.165, 1.54) is 29.2 Å². The molecule has 1 aliphatic rings. The van der Waals surface area contributed by atoms with Crippen molar-refractivity contribution in [3.63, 3.8) is 0 Å². The largest absolute Gasteiger partial charge is 0.491 e. The van der Waals surface area contributed by atoms with Gasteiger partial charge >= 0.3 is 0 Å². The molecular formula is C30H26F4N2O3. The molecule has 0 unspecified atom stereocenters. The highest BCUT2D eigenvalue weighted by Gasteiger charge is 2.31. The van der Waals surface area contributed by atoms with Crippen LogP contribution in [0.15, 0.2) is 71.8 Å². The van der Waals surface area contributed by atoms with E-state index in [-0.39, 0.29) is 40.9 Å². The Bertz CT molecular complexity index is 1390. The normalized spacial score (nSPS) is 15.9. The quantitative estimate of drug-likeness (QED) is 0.300. The van der Waals surface area contributed by atoms with Crippen molar-refractivity contribution in [2.45, 2.75) is 0 Å². The van der Waals surface area contributed by atoms with Gasteiger partial charge in [0.1, 0.15) is 12.4 Å². The van der Waals surface area contributed by atoms with E-state index in [0.717, 1.165) is 24.3 Å². The zero-order valence-electron chi connectivity index (χ0n) is 21.4. The molecule has 3 aromatic carbocycles. The topological polar surface area (TPSA) is 49.9 Å². The van der Waals surface area contributed by atoms with Crippen molar-refractivity contribution in [1.29, 1.82) is 0 Å². The van der Waals surface area contributed by atoms with E-state index in [1.807, 2.05) is 19.0 Å². The zero-order valence-corrected chi connectivity index (χ0v) is 21.4. The third-order valence-electron chi connectivity index (χ3n) is 6.08. The predicted octanol–water partition coefficient (Wildman–Crippen LogP) is 5.38. The molecule has 1 heterocycles. The van der Waals surface area contributed by atoms with Gasteiger partial charge < -0.3 is 14.5 Å². The Morgan fingerprint density at radius 1 is 0.846 bits per heavy atom. The molecule has 5 nitrogen and oxygen atoms in total. The number of Topliss-reactive ketones (excluding diaryl/α,β-unsaturated/α-hetero) is 1. The molecule has 0 N–H and O–H groups in total. The average molecular weight is 539 g/mol. The number of likely N-dealkylation sites (N-methyl/N-ethyl adjacent to an activating group) is 1. The van der Waals surface area contributed by atoms with Gasteiger partial charge in [0.15, 0.2) is 29.1 Å². The first-order valence-corrected chi connectivity index (χ1v) is 12.1. The second kappa shape index (κ2) is 12.1. The number of piperidine rings is 1. The van der Waals surface area contributed by atoms with E-state index in [0.29, 0.717) is 18.9 Å². The lowest BCUT2D eigenvalue weighted by Crippen LogP contribution is -2.41. The third-order valence-corrected chi connectivity index (χ3v) is 6.08. The third kappa shape index (κ3) is 6.80. The Morgan fingerprint density at radius 3 is 1.90 bits per heavy atom. The smallest absolute Gasteiger partial charge is 0.258 e. The number of amides is 1. The molecule has 0 atom stereocenters. The second-order valence-corrected chi connectivity index (χ2v) is 9.32. The second-order valence-electron chi connectivity index (χ2n) is 9.32. The molecule has 202 valence electrons. The number of ketones is 1. The van der Waals surface area contributed by atoms with Crippen molar-refractivity contribution in [2.75, 3.05) is 40.3 Å². The molecule has 9 heteroatoms. The first-order valence-electron chi connectivity index (χ1n) is 12.1. The van der Waals surface area contributed by atoms with E-state index in [4.69, 9.17) is 4.74 Å². The molecule has 1 amide bonds. The fourth-order valence-corrected chi connectivity index (χ4v) is 4.07. The van der Waals surface area contributed by atoms with Gasteiger partial charge in [-0.1, -0.05) is 24.3 Å². The number of halogens is 4. The molecule has 0 radical (unpaired) electrons. The number of hydrogen-bond acceptors (Lipinski definition) is 4. The van der Waals surface area contributed by atoms with Crippen molar-refractivity contribution in [3.8, 4) is 5.75 Å². The Balaban J connectivity index is 1.71. The van der Waals surface area contributed by atoms with Crippen LogP contribution in [0.5, 0.6) is 5.75 Å². The van der Waals surface area contributed by atoms with Gasteiger partial charge in [-0.25, -0.2) is 17.6 Å². The maximum absolute atomic E-state index is 13.8. The molecule has 0 bridgehead atoms. The molecule has 0 saturated carbocycles. The zero-order chi connectivity index (χ0) is 28.1. The van der Waals surface area contributed by atoms with Gasteiger partial charge in [-0.05, 0) is 73.8 Å². The summed E-state index contributed by atoms with van der Waals surface area (Å²) in [6.45, 7) is 0.747. The van der Waals surface area contributed by atoms with Crippen molar-refractivity contribution in [2.24, 2.45) is 0 Å². The van der Waals surface area contributed by atoms with E-state index in [2.05, 4.69) is 0 Å². The maximum atomic E-state index is 13.8. The molecule has 0 aliphatic carbocycles. The predicted molar refractivity (Wildman–Crippen MR) is 140 cm³/mol. The first kappa shape index (κ1) is 27.8. The van der Waals surface area contributed by atoms with Crippen LogP contribution >= 0.6 is 0 Å². The van der Waals surface area contributed by atoms with Crippen molar-refractivity contribution in [1.82, 2.24) is 9.80 Å². The van der Waals surface area contributed by atoms with Gasteiger partial charge in [0.05, 0.1) is 18.7 Å². The van der Waals surface area contributed by atoms with Gasteiger partial charge in [-0.3, -0.25) is 9.59 Å². The maximum Gasteiger partial charge on any atom is 0.258 e. The van der Waals surface area contributed by atoms with Crippen LogP contribution in [0.25, 0.3) is 12.2 Å². The number of hydrogen-bond donors (Lipinski definition) is 0. The van der Waals surface area contributed by atoms with Crippen LogP contribution in [0.2, 0.25) is 0 Å². The lowest BCUT2D eigenvalue weighted by Gasteiger charge is -2.30. The minimum absolute atomic E-state index is 0.113. The summed E-state index contributed by atoms with van der Waals surface area (Å²) in [6.07, 6.45) is 2.76. The van der Waals surface area contributed by atoms with Crippen LogP contribution in [-0.4, -0.2) is 61.8 Å². The van der Waals surface area contributed by atoms with Crippen molar-refractivity contribution in [3.05, 3.63) is 112 Å². The molecular weight excluding hydrogens is 512 g/mol. The number of benzene rings is 3. The van der Waals surface area contributed by atoms with Crippen LogP contribution < -0.4 is 4.74 Å². The molecule has 0 spiro atoms. The number of carbonyl (C=O) groups is 2. The van der Waals surface area contributed by atoms with E-state index in [9.17, 15) is 27.2 Å². The van der Waals surface area contributed by atoms with Crippen LogP contribution in [0.4, 0.5) is 17.6 Å². The fraction of sp³-hybridized carbons (Fsp3) is 0.200. The van der Waals surface area contributed by atoms with Gasteiger partial charge in [-0.15, -0.1) is 0 Å². The summed E-state index contributed by atoms with van der Waals surface area (Å²) in [4.78, 5) is 30.4. The summed E-state index contributed by atoms with van der Waals surface area (Å²) in [5, 5.41) is 0. The minimum Gasteiger partial charge on any atom is -0.491 e. The van der Waals surface area contributed by atoms with Crippen molar-refractivity contribution < 1.29 is 31.9 Å². The van der Waals surface area contributed by atoms with Crippen LogP contribution in [-0.2, 0) is 4.79 Å². The summed E-state index contributed by atoms with van der Waals surface area (Å²) in [5.41, 5.74) is 1.02.